The quantitative estimate of drug-likeness (QED) is 0.282. The number of hydrogen-bond donors (Lipinski definition) is 4. The number of nitrogens with zero attached hydrogens (tertiary/aromatic N) is 1. The third-order valence-electron chi connectivity index (χ3n) is 6.03. The molecule has 8 nitrogen and oxygen atoms in total. The first-order valence-corrected chi connectivity index (χ1v) is 12.6. The normalized spacial score (nSPS) is 15.3. The smallest absolute Gasteiger partial charge is 0.235 e. The Labute approximate surface area is 197 Å². The molecule has 1 aromatic carbocycles. The van der Waals surface area contributed by atoms with E-state index in [9.17, 15) is 17.6 Å². The zero-order valence-electron chi connectivity index (χ0n) is 18.7. The number of rotatable bonds is 8. The number of hydrogen-bond acceptors (Lipinski definition) is 6. The Morgan fingerprint density at radius 2 is 1.97 bits per heavy atom. The van der Waals surface area contributed by atoms with E-state index in [1.54, 1.807) is 25.5 Å². The zero-order valence-corrected chi connectivity index (χ0v) is 19.5. The second kappa shape index (κ2) is 9.76. The molecular formula is C24H26FN5O3S. The molecular weight excluding hydrogens is 457 g/mol. The summed E-state index contributed by atoms with van der Waals surface area (Å²) in [5.41, 5.74) is 1.71. The highest BCUT2D eigenvalue weighted by molar-refractivity contribution is 7.93. The van der Waals surface area contributed by atoms with Gasteiger partial charge in [0.15, 0.2) is 5.78 Å². The number of aromatic amines is 1. The Hall–Kier alpha value is -3.53. The Morgan fingerprint density at radius 1 is 1.21 bits per heavy atom. The largest absolute Gasteiger partial charge is 0.393 e. The number of pyridine rings is 1. The van der Waals surface area contributed by atoms with E-state index in [-0.39, 0.29) is 16.8 Å². The number of sulfonamides is 1. The van der Waals surface area contributed by atoms with Gasteiger partial charge in [-0.1, -0.05) is 19.3 Å². The van der Waals surface area contributed by atoms with Gasteiger partial charge in [0.25, 0.3) is 0 Å². The highest BCUT2D eigenvalue weighted by Crippen LogP contribution is 2.28. The summed E-state index contributed by atoms with van der Waals surface area (Å²) in [4.78, 5) is 20.5. The zero-order chi connectivity index (χ0) is 24.3. The van der Waals surface area contributed by atoms with E-state index in [2.05, 4.69) is 20.0 Å². The number of nitrogens with one attached hydrogen (secondary N) is 4. The summed E-state index contributed by atoms with van der Waals surface area (Å²) in [6.45, 7) is 0. The lowest BCUT2D eigenvalue weighted by Gasteiger charge is -2.22. The number of H-pyrrole nitrogens is 1. The number of benzene rings is 1. The van der Waals surface area contributed by atoms with Crippen LogP contribution in [0.25, 0.3) is 16.6 Å². The van der Waals surface area contributed by atoms with Gasteiger partial charge < -0.3 is 15.7 Å². The third-order valence-corrected chi connectivity index (χ3v) is 7.90. The van der Waals surface area contributed by atoms with E-state index in [1.807, 2.05) is 0 Å². The highest BCUT2D eigenvalue weighted by Gasteiger charge is 2.28. The van der Waals surface area contributed by atoms with Gasteiger partial charge in [-0.25, -0.2) is 17.8 Å². The Balaban J connectivity index is 1.68. The molecule has 4 rings (SSSR count). The van der Waals surface area contributed by atoms with Gasteiger partial charge >= 0.3 is 0 Å². The Bertz CT molecular complexity index is 1370. The number of ketones is 1. The first-order valence-electron chi connectivity index (χ1n) is 11.1. The number of allylic oxidation sites excluding steroid dienone is 1. The first-order chi connectivity index (χ1) is 16.3. The molecule has 1 saturated carbocycles. The summed E-state index contributed by atoms with van der Waals surface area (Å²) in [6, 6.07) is 5.35. The molecule has 0 amide bonds. The number of fused-ring (bicyclic) bond motifs is 1. The highest BCUT2D eigenvalue weighted by atomic mass is 32.2. The van der Waals surface area contributed by atoms with Gasteiger partial charge in [0.05, 0.1) is 10.8 Å². The number of anilines is 1. The van der Waals surface area contributed by atoms with E-state index in [1.165, 1.54) is 18.3 Å². The van der Waals surface area contributed by atoms with Crippen molar-refractivity contribution in [2.45, 2.75) is 37.4 Å². The molecule has 0 aliphatic heterocycles. The minimum atomic E-state index is -3.64. The lowest BCUT2D eigenvalue weighted by Crippen LogP contribution is -2.29. The van der Waals surface area contributed by atoms with Crippen LogP contribution in [0.3, 0.4) is 0 Å². The van der Waals surface area contributed by atoms with Gasteiger partial charge in [0, 0.05) is 59.6 Å². The number of carbonyl (C=O) groups excluding carboxylic acids is 1. The average molecular weight is 484 g/mol. The molecule has 10 heteroatoms. The van der Waals surface area contributed by atoms with Crippen molar-refractivity contribution in [2.24, 2.45) is 0 Å². The van der Waals surface area contributed by atoms with Crippen molar-refractivity contribution in [2.75, 3.05) is 11.8 Å². The van der Waals surface area contributed by atoms with Crippen molar-refractivity contribution in [1.82, 2.24) is 15.3 Å². The fraction of sp³-hybridized carbons (Fsp3) is 0.292. The van der Waals surface area contributed by atoms with E-state index in [0.717, 1.165) is 31.5 Å². The van der Waals surface area contributed by atoms with Gasteiger partial charge in [0.1, 0.15) is 11.5 Å². The van der Waals surface area contributed by atoms with Crippen LogP contribution in [0.1, 0.15) is 53.6 Å². The molecule has 4 N–H and O–H groups in total. The summed E-state index contributed by atoms with van der Waals surface area (Å²) >= 11 is 0. The second-order valence-electron chi connectivity index (χ2n) is 8.29. The van der Waals surface area contributed by atoms with Gasteiger partial charge in [0.2, 0.25) is 10.0 Å². The maximum absolute atomic E-state index is 14.7. The molecule has 2 aromatic heterocycles. The Kier molecular flexibility index (Phi) is 6.78. The maximum Gasteiger partial charge on any atom is 0.235 e. The Morgan fingerprint density at radius 3 is 2.68 bits per heavy atom. The monoisotopic (exact) mass is 483 g/mol. The molecule has 178 valence electrons. The van der Waals surface area contributed by atoms with Crippen LogP contribution < -0.4 is 10.0 Å². The van der Waals surface area contributed by atoms with Gasteiger partial charge in [-0.15, -0.1) is 0 Å². The van der Waals surface area contributed by atoms with Gasteiger partial charge in [-0.2, -0.15) is 0 Å². The summed E-state index contributed by atoms with van der Waals surface area (Å²) in [7, 11) is -1.93. The maximum atomic E-state index is 14.7. The molecule has 2 heterocycles. The predicted octanol–water partition coefficient (Wildman–Crippen LogP) is 4.22. The number of carbonyl (C=O) groups is 1. The lowest BCUT2D eigenvalue weighted by atomic mass is 10.0. The number of aromatic nitrogens is 2. The number of halogens is 1. The molecule has 1 aliphatic carbocycles. The molecule has 1 fully saturated rings. The minimum absolute atomic E-state index is 0.150. The van der Waals surface area contributed by atoms with Crippen LogP contribution in [0.4, 0.5) is 10.1 Å². The molecule has 0 bridgehead atoms. The van der Waals surface area contributed by atoms with E-state index >= 15 is 0 Å². The SMILES string of the molecule is CN/C=C(\C=N)c1cnc2[nH]cc(C(=O)c3cc(NS(=O)(=O)C4CCCCC4)ccc3F)c2c1. The van der Waals surface area contributed by atoms with Crippen molar-refractivity contribution in [1.29, 1.82) is 5.41 Å². The molecule has 0 atom stereocenters. The van der Waals surface area contributed by atoms with Crippen molar-refractivity contribution < 1.29 is 17.6 Å². The third kappa shape index (κ3) is 4.72. The molecule has 1 aliphatic rings. The summed E-state index contributed by atoms with van der Waals surface area (Å²) in [6.07, 6.45) is 9.74. The van der Waals surface area contributed by atoms with Crippen LogP contribution >= 0.6 is 0 Å². The fourth-order valence-corrected chi connectivity index (χ4v) is 5.82. The van der Waals surface area contributed by atoms with Crippen molar-refractivity contribution in [3.8, 4) is 0 Å². The molecule has 3 aromatic rings. The fourth-order valence-electron chi connectivity index (χ4n) is 4.24. The topological polar surface area (TPSA) is 128 Å². The molecule has 0 unspecified atom stereocenters. The van der Waals surface area contributed by atoms with Crippen molar-refractivity contribution in [3.63, 3.8) is 0 Å². The standard InChI is InChI=1S/C24H26FN5O3S/c1-27-12-16(11-26)15-9-19-21(14-29-24(19)28-13-15)23(31)20-10-17(7-8-22(20)25)30-34(32,33)18-5-3-2-4-6-18/h7-14,18,26-27,30H,2-6H2,1H3,(H,28,29)/b16-12+,26-11?. The van der Waals surface area contributed by atoms with E-state index < -0.39 is 26.9 Å². The second-order valence-corrected chi connectivity index (χ2v) is 10.2. The average Bonchev–Trinajstić information content (AvgIpc) is 3.27. The minimum Gasteiger partial charge on any atom is -0.393 e. The van der Waals surface area contributed by atoms with Crippen LogP contribution in [-0.2, 0) is 10.0 Å². The van der Waals surface area contributed by atoms with Gasteiger partial charge in [-0.3, -0.25) is 9.52 Å². The van der Waals surface area contributed by atoms with Gasteiger partial charge in [-0.05, 0) is 37.1 Å². The summed E-state index contributed by atoms with van der Waals surface area (Å²) in [5, 5.41) is 10.4. The van der Waals surface area contributed by atoms with Crippen LogP contribution in [0, 0.1) is 11.2 Å². The van der Waals surface area contributed by atoms with Crippen molar-refractivity contribution in [3.05, 3.63) is 65.4 Å². The molecule has 0 radical (unpaired) electrons. The first kappa shape index (κ1) is 23.6. The molecule has 0 spiro atoms. The summed E-state index contributed by atoms with van der Waals surface area (Å²) < 4.78 is 42.8. The van der Waals surface area contributed by atoms with Crippen LogP contribution in [0.5, 0.6) is 0 Å². The lowest BCUT2D eigenvalue weighted by molar-refractivity contribution is 0.103. The van der Waals surface area contributed by atoms with Crippen LogP contribution in [0.2, 0.25) is 0 Å². The van der Waals surface area contributed by atoms with Crippen molar-refractivity contribution >= 4 is 44.3 Å². The van der Waals surface area contributed by atoms with Crippen LogP contribution in [-0.4, -0.2) is 42.7 Å². The molecule has 34 heavy (non-hydrogen) atoms. The van der Waals surface area contributed by atoms with E-state index in [0.29, 0.717) is 35.0 Å². The van der Waals surface area contributed by atoms with Crippen LogP contribution in [0.15, 0.2) is 42.9 Å². The predicted molar refractivity (Wildman–Crippen MR) is 131 cm³/mol. The van der Waals surface area contributed by atoms with E-state index in [4.69, 9.17) is 5.41 Å². The summed E-state index contributed by atoms with van der Waals surface area (Å²) in [5.74, 6) is -1.35. The molecule has 0 saturated heterocycles.